The molecule has 0 spiro atoms. The smallest absolute Gasteiger partial charge is 0.226 e. The summed E-state index contributed by atoms with van der Waals surface area (Å²) in [7, 11) is 0. The van der Waals surface area contributed by atoms with Crippen molar-refractivity contribution in [2.45, 2.75) is 32.4 Å². The van der Waals surface area contributed by atoms with Gasteiger partial charge >= 0.3 is 0 Å². The Morgan fingerprint density at radius 1 is 1.20 bits per heavy atom. The van der Waals surface area contributed by atoms with Gasteiger partial charge < -0.3 is 20.0 Å². The molecule has 1 aliphatic heterocycles. The molecule has 1 aliphatic rings. The predicted molar refractivity (Wildman–Crippen MR) is 135 cm³/mol. The van der Waals surface area contributed by atoms with E-state index in [0.29, 0.717) is 18.5 Å². The maximum Gasteiger partial charge on any atom is 0.226 e. The minimum absolute atomic E-state index is 0. The number of halogens is 1. The summed E-state index contributed by atoms with van der Waals surface area (Å²) in [4.78, 5) is 11.7. The highest BCUT2D eigenvalue weighted by Gasteiger charge is 2.20. The molecule has 0 saturated carbocycles. The number of piperidine rings is 1. The molecular formula is C22H28IN5OS. The van der Waals surface area contributed by atoms with Crippen molar-refractivity contribution in [2.24, 2.45) is 4.99 Å². The van der Waals surface area contributed by atoms with E-state index >= 15 is 0 Å². The van der Waals surface area contributed by atoms with Crippen LogP contribution in [0.4, 0.5) is 5.00 Å². The molecule has 1 fully saturated rings. The van der Waals surface area contributed by atoms with Crippen LogP contribution in [-0.4, -0.2) is 36.6 Å². The van der Waals surface area contributed by atoms with Crippen molar-refractivity contribution in [3.05, 3.63) is 59.8 Å². The van der Waals surface area contributed by atoms with Crippen LogP contribution in [0.5, 0.6) is 0 Å². The van der Waals surface area contributed by atoms with Gasteiger partial charge in [-0.15, -0.1) is 35.3 Å². The van der Waals surface area contributed by atoms with Gasteiger partial charge in [0.2, 0.25) is 5.89 Å². The SMILES string of the molecule is CCNC(=NCc1coc(-c2ccccc2)n1)NC1CCN(c2cccs2)CC1.I. The van der Waals surface area contributed by atoms with Crippen molar-refractivity contribution in [1.29, 1.82) is 0 Å². The third kappa shape index (κ3) is 5.98. The lowest BCUT2D eigenvalue weighted by molar-refractivity contribution is 0.463. The molecule has 30 heavy (non-hydrogen) atoms. The number of oxazole rings is 1. The van der Waals surface area contributed by atoms with E-state index in [1.807, 2.05) is 41.7 Å². The molecule has 0 unspecified atom stereocenters. The Balaban J connectivity index is 0.00000256. The number of hydrogen-bond donors (Lipinski definition) is 2. The van der Waals surface area contributed by atoms with Gasteiger partial charge in [-0.05, 0) is 49.4 Å². The summed E-state index contributed by atoms with van der Waals surface area (Å²) < 4.78 is 5.61. The highest BCUT2D eigenvalue weighted by molar-refractivity contribution is 14.0. The van der Waals surface area contributed by atoms with Gasteiger partial charge in [0, 0.05) is 31.2 Å². The van der Waals surface area contributed by atoms with Crippen LogP contribution >= 0.6 is 35.3 Å². The number of aliphatic imine (C=N–C) groups is 1. The Labute approximate surface area is 198 Å². The van der Waals surface area contributed by atoms with Gasteiger partial charge in [-0.2, -0.15) is 0 Å². The van der Waals surface area contributed by atoms with Gasteiger partial charge in [-0.25, -0.2) is 9.98 Å². The Kier molecular flexibility index (Phi) is 8.56. The van der Waals surface area contributed by atoms with Crippen molar-refractivity contribution in [2.75, 3.05) is 24.5 Å². The van der Waals surface area contributed by atoms with E-state index in [-0.39, 0.29) is 24.0 Å². The molecule has 1 aromatic carbocycles. The maximum absolute atomic E-state index is 5.61. The molecule has 160 valence electrons. The predicted octanol–water partition coefficient (Wildman–Crippen LogP) is 4.75. The zero-order chi connectivity index (χ0) is 19.9. The molecule has 4 rings (SSSR count). The highest BCUT2D eigenvalue weighted by Crippen LogP contribution is 2.24. The monoisotopic (exact) mass is 537 g/mol. The first kappa shape index (κ1) is 22.6. The topological polar surface area (TPSA) is 65.7 Å². The Morgan fingerprint density at radius 3 is 2.70 bits per heavy atom. The van der Waals surface area contributed by atoms with Gasteiger partial charge in [-0.1, -0.05) is 18.2 Å². The van der Waals surface area contributed by atoms with Crippen LogP contribution in [0.15, 0.2) is 63.5 Å². The molecule has 0 atom stereocenters. The second kappa shape index (κ2) is 11.4. The summed E-state index contributed by atoms with van der Waals surface area (Å²) >= 11 is 1.81. The van der Waals surface area contributed by atoms with Gasteiger partial charge in [-0.3, -0.25) is 0 Å². The second-order valence-electron chi connectivity index (χ2n) is 7.06. The zero-order valence-electron chi connectivity index (χ0n) is 17.1. The number of thiophene rings is 1. The van der Waals surface area contributed by atoms with Crippen molar-refractivity contribution < 1.29 is 4.42 Å². The summed E-state index contributed by atoms with van der Waals surface area (Å²) in [5, 5.41) is 10.4. The number of guanidine groups is 1. The summed E-state index contributed by atoms with van der Waals surface area (Å²) in [6.07, 6.45) is 3.89. The van der Waals surface area contributed by atoms with E-state index < -0.39 is 0 Å². The normalized spacial score (nSPS) is 15.0. The fourth-order valence-corrected chi connectivity index (χ4v) is 4.25. The first-order valence-corrected chi connectivity index (χ1v) is 11.0. The highest BCUT2D eigenvalue weighted by atomic mass is 127. The minimum Gasteiger partial charge on any atom is -0.444 e. The van der Waals surface area contributed by atoms with Crippen LogP contribution in [0.1, 0.15) is 25.5 Å². The van der Waals surface area contributed by atoms with Gasteiger partial charge in [0.05, 0.1) is 11.5 Å². The van der Waals surface area contributed by atoms with Crippen LogP contribution in [0.3, 0.4) is 0 Å². The van der Waals surface area contributed by atoms with Gasteiger partial charge in [0.1, 0.15) is 12.0 Å². The van der Waals surface area contributed by atoms with Gasteiger partial charge in [0.15, 0.2) is 5.96 Å². The van der Waals surface area contributed by atoms with Crippen LogP contribution in [0.25, 0.3) is 11.5 Å². The van der Waals surface area contributed by atoms with Crippen LogP contribution in [0, 0.1) is 0 Å². The molecule has 0 bridgehead atoms. The number of benzene rings is 1. The third-order valence-corrected chi connectivity index (χ3v) is 5.90. The van der Waals surface area contributed by atoms with Crippen molar-refractivity contribution in [1.82, 2.24) is 15.6 Å². The Hall–Kier alpha value is -2.07. The molecule has 2 aromatic heterocycles. The lowest BCUT2D eigenvalue weighted by atomic mass is 10.1. The second-order valence-corrected chi connectivity index (χ2v) is 7.99. The number of nitrogens with one attached hydrogen (secondary N) is 2. The standard InChI is InChI=1S/C22H27N5OS.HI/c1-2-23-22(26-18-10-12-27(13-11-18)20-9-6-14-29-20)24-15-19-16-28-21(25-19)17-7-4-3-5-8-17;/h3-9,14,16,18H,2,10-13,15H2,1H3,(H2,23,24,26);1H. The third-order valence-electron chi connectivity index (χ3n) is 4.97. The molecular weight excluding hydrogens is 509 g/mol. The first-order valence-electron chi connectivity index (χ1n) is 10.1. The van der Waals surface area contributed by atoms with Crippen molar-refractivity contribution >= 4 is 46.3 Å². The van der Waals surface area contributed by atoms with E-state index in [0.717, 1.165) is 49.7 Å². The van der Waals surface area contributed by atoms with E-state index in [1.165, 1.54) is 5.00 Å². The molecule has 3 heterocycles. The number of anilines is 1. The first-order chi connectivity index (χ1) is 14.3. The van der Waals surface area contributed by atoms with Gasteiger partial charge in [0.25, 0.3) is 0 Å². The average molecular weight is 537 g/mol. The van der Waals surface area contributed by atoms with E-state index in [4.69, 9.17) is 9.41 Å². The number of rotatable bonds is 6. The maximum atomic E-state index is 5.61. The molecule has 0 aliphatic carbocycles. The summed E-state index contributed by atoms with van der Waals surface area (Å²) in [5.74, 6) is 1.47. The Bertz CT molecular complexity index is 905. The van der Waals surface area contributed by atoms with Crippen LogP contribution in [0.2, 0.25) is 0 Å². The molecule has 3 aromatic rings. The zero-order valence-corrected chi connectivity index (χ0v) is 20.2. The van der Waals surface area contributed by atoms with E-state index in [1.54, 1.807) is 6.26 Å². The molecule has 1 saturated heterocycles. The number of aromatic nitrogens is 1. The molecule has 6 nitrogen and oxygen atoms in total. The minimum atomic E-state index is 0. The summed E-state index contributed by atoms with van der Waals surface area (Å²) in [6, 6.07) is 14.7. The van der Waals surface area contributed by atoms with E-state index in [9.17, 15) is 0 Å². The quantitative estimate of drug-likeness (QED) is 0.270. The fourth-order valence-electron chi connectivity index (χ4n) is 3.46. The Morgan fingerprint density at radius 2 is 2.00 bits per heavy atom. The summed E-state index contributed by atoms with van der Waals surface area (Å²) in [5.41, 5.74) is 1.80. The molecule has 0 amide bonds. The van der Waals surface area contributed by atoms with E-state index in [2.05, 4.69) is 45.0 Å². The van der Waals surface area contributed by atoms with Crippen molar-refractivity contribution in [3.63, 3.8) is 0 Å². The van der Waals surface area contributed by atoms with Crippen molar-refractivity contribution in [3.8, 4) is 11.5 Å². The largest absolute Gasteiger partial charge is 0.444 e. The lowest BCUT2D eigenvalue weighted by Crippen LogP contribution is -2.48. The average Bonchev–Trinajstić information content (AvgIpc) is 3.46. The van der Waals surface area contributed by atoms with Crippen LogP contribution in [-0.2, 0) is 6.54 Å². The van der Waals surface area contributed by atoms with Crippen LogP contribution < -0.4 is 15.5 Å². The fraction of sp³-hybridized carbons (Fsp3) is 0.364. The molecule has 0 radical (unpaired) electrons. The molecule has 2 N–H and O–H groups in total. The summed E-state index contributed by atoms with van der Waals surface area (Å²) in [6.45, 7) is 5.54. The lowest BCUT2D eigenvalue weighted by Gasteiger charge is -2.33. The molecule has 8 heteroatoms. The number of hydrogen-bond acceptors (Lipinski definition) is 5. The number of nitrogens with zero attached hydrogens (tertiary/aromatic N) is 3.